The molecule has 1 aromatic rings. The second kappa shape index (κ2) is 4.57. The topological polar surface area (TPSA) is 95.1 Å². The van der Waals surface area contributed by atoms with Gasteiger partial charge in [0.15, 0.2) is 5.82 Å². The van der Waals surface area contributed by atoms with Crippen LogP contribution < -0.4 is 10.9 Å². The summed E-state index contributed by atoms with van der Waals surface area (Å²) in [6, 6.07) is 0. The summed E-state index contributed by atoms with van der Waals surface area (Å²) in [5.41, 5.74) is -0.836. The first-order valence-corrected chi connectivity index (χ1v) is 5.65. The van der Waals surface area contributed by atoms with Gasteiger partial charge in [0, 0.05) is 17.9 Å². The number of aromatic amines is 1. The van der Waals surface area contributed by atoms with Crippen LogP contribution in [0.1, 0.15) is 32.1 Å². The molecule has 1 heterocycles. The normalized spacial score (nSPS) is 17.9. The largest absolute Gasteiger partial charge is 0.481 e. The molecule has 1 aromatic heterocycles. The highest BCUT2D eigenvalue weighted by atomic mass is 16.4. The van der Waals surface area contributed by atoms with Crippen LogP contribution in [-0.2, 0) is 4.79 Å². The fraction of sp³-hybridized carbons (Fsp3) is 0.545. The Labute approximate surface area is 98.1 Å². The summed E-state index contributed by atoms with van der Waals surface area (Å²) >= 11 is 0. The molecule has 1 fully saturated rings. The van der Waals surface area contributed by atoms with Crippen LogP contribution in [0.25, 0.3) is 0 Å². The van der Waals surface area contributed by atoms with Crippen LogP contribution in [0.4, 0.5) is 5.82 Å². The van der Waals surface area contributed by atoms with E-state index in [1.54, 1.807) is 0 Å². The van der Waals surface area contributed by atoms with Crippen molar-refractivity contribution < 1.29 is 9.90 Å². The molecule has 1 aliphatic carbocycles. The van der Waals surface area contributed by atoms with Crippen molar-refractivity contribution in [3.8, 4) is 0 Å². The Kier molecular flexibility index (Phi) is 3.12. The lowest BCUT2D eigenvalue weighted by Gasteiger charge is -2.28. The molecular formula is C11H15N3O3. The van der Waals surface area contributed by atoms with Crippen LogP contribution in [0.2, 0.25) is 0 Å². The third-order valence-corrected chi connectivity index (χ3v) is 3.14. The molecule has 6 heteroatoms. The number of carboxylic acid groups (broad SMARTS) is 1. The third-order valence-electron chi connectivity index (χ3n) is 3.14. The van der Waals surface area contributed by atoms with Crippen LogP contribution in [0, 0.1) is 0 Å². The van der Waals surface area contributed by atoms with Gasteiger partial charge in [-0.15, -0.1) is 0 Å². The molecule has 17 heavy (non-hydrogen) atoms. The van der Waals surface area contributed by atoms with E-state index < -0.39 is 11.5 Å². The molecule has 0 bridgehead atoms. The monoisotopic (exact) mass is 237 g/mol. The lowest BCUT2D eigenvalue weighted by molar-refractivity contribution is -0.138. The Morgan fingerprint density at radius 3 is 2.82 bits per heavy atom. The highest BCUT2D eigenvalue weighted by Crippen LogP contribution is 2.34. The van der Waals surface area contributed by atoms with Crippen molar-refractivity contribution in [2.24, 2.45) is 0 Å². The average molecular weight is 237 g/mol. The van der Waals surface area contributed by atoms with Crippen molar-refractivity contribution >= 4 is 11.8 Å². The lowest BCUT2D eigenvalue weighted by Crippen LogP contribution is -2.39. The summed E-state index contributed by atoms with van der Waals surface area (Å²) in [7, 11) is 0. The van der Waals surface area contributed by atoms with E-state index in [4.69, 9.17) is 5.11 Å². The fourth-order valence-corrected chi connectivity index (χ4v) is 2.38. The number of hydrogen-bond acceptors (Lipinski definition) is 4. The Hall–Kier alpha value is -1.85. The second-order valence-electron chi connectivity index (χ2n) is 4.45. The first-order chi connectivity index (χ1) is 8.11. The number of hydrogen-bond donors (Lipinski definition) is 3. The summed E-state index contributed by atoms with van der Waals surface area (Å²) in [5, 5.41) is 12.0. The molecule has 0 unspecified atom stereocenters. The number of H-pyrrole nitrogens is 1. The van der Waals surface area contributed by atoms with Gasteiger partial charge in [0.25, 0.3) is 5.56 Å². The number of nitrogens with zero attached hydrogens (tertiary/aromatic N) is 1. The van der Waals surface area contributed by atoms with Crippen molar-refractivity contribution in [1.29, 1.82) is 0 Å². The van der Waals surface area contributed by atoms with Crippen LogP contribution in [0.15, 0.2) is 17.2 Å². The van der Waals surface area contributed by atoms with Gasteiger partial charge in [0.1, 0.15) is 0 Å². The van der Waals surface area contributed by atoms with Crippen LogP contribution in [0.3, 0.4) is 0 Å². The number of anilines is 1. The van der Waals surface area contributed by atoms with Gasteiger partial charge in [0.05, 0.1) is 6.42 Å². The zero-order valence-corrected chi connectivity index (χ0v) is 9.40. The first kappa shape index (κ1) is 11.6. The average Bonchev–Trinajstić information content (AvgIpc) is 2.69. The smallest absolute Gasteiger partial charge is 0.305 e. The summed E-state index contributed by atoms with van der Waals surface area (Å²) in [5.74, 6) is -0.651. The maximum atomic E-state index is 11.5. The van der Waals surface area contributed by atoms with Crippen molar-refractivity contribution in [3.63, 3.8) is 0 Å². The third kappa shape index (κ3) is 2.64. The lowest BCUT2D eigenvalue weighted by atomic mass is 9.93. The van der Waals surface area contributed by atoms with Gasteiger partial charge < -0.3 is 15.4 Å². The number of carboxylic acids is 1. The summed E-state index contributed by atoms with van der Waals surface area (Å²) in [6.45, 7) is 0. The minimum Gasteiger partial charge on any atom is -0.481 e. The van der Waals surface area contributed by atoms with E-state index in [0.29, 0.717) is 0 Å². The molecule has 3 N–H and O–H groups in total. The highest BCUT2D eigenvalue weighted by molar-refractivity contribution is 5.69. The molecule has 0 saturated heterocycles. The summed E-state index contributed by atoms with van der Waals surface area (Å²) in [6.07, 6.45) is 6.42. The van der Waals surface area contributed by atoms with E-state index in [1.807, 2.05) is 0 Å². The molecule has 1 aliphatic rings. The van der Waals surface area contributed by atoms with Gasteiger partial charge in [-0.3, -0.25) is 9.59 Å². The van der Waals surface area contributed by atoms with Gasteiger partial charge >= 0.3 is 5.97 Å². The predicted molar refractivity (Wildman–Crippen MR) is 61.9 cm³/mol. The molecule has 0 aromatic carbocycles. The van der Waals surface area contributed by atoms with Gasteiger partial charge in [-0.05, 0) is 12.8 Å². The van der Waals surface area contributed by atoms with Gasteiger partial charge in [-0.25, -0.2) is 4.98 Å². The maximum absolute atomic E-state index is 11.5. The molecule has 0 amide bonds. The minimum absolute atomic E-state index is 0.0169. The van der Waals surface area contributed by atoms with E-state index in [0.717, 1.165) is 25.7 Å². The SMILES string of the molecule is O=C(O)CC1(Nc2ncc[nH]c2=O)CCCC1. The number of carbonyl (C=O) groups is 1. The molecule has 0 atom stereocenters. The van der Waals surface area contributed by atoms with Gasteiger partial charge in [-0.1, -0.05) is 12.8 Å². The van der Waals surface area contributed by atoms with Crippen molar-refractivity contribution in [2.75, 3.05) is 5.32 Å². The van der Waals surface area contributed by atoms with E-state index in [1.165, 1.54) is 12.4 Å². The minimum atomic E-state index is -0.855. The molecule has 0 aliphatic heterocycles. The van der Waals surface area contributed by atoms with Crippen molar-refractivity contribution in [3.05, 3.63) is 22.7 Å². The standard InChI is InChI=1S/C11H15N3O3/c15-8(16)7-11(3-1-2-4-11)14-9-10(17)13-6-5-12-9/h5-6H,1-4,7H2,(H,12,14)(H,13,17)(H,15,16). The molecular weight excluding hydrogens is 222 g/mol. The quantitative estimate of drug-likeness (QED) is 0.725. The summed E-state index contributed by atoms with van der Waals surface area (Å²) in [4.78, 5) is 28.9. The number of aromatic nitrogens is 2. The number of aliphatic carboxylic acids is 1. The molecule has 92 valence electrons. The number of nitrogens with one attached hydrogen (secondary N) is 2. The Morgan fingerprint density at radius 2 is 2.24 bits per heavy atom. The zero-order valence-electron chi connectivity index (χ0n) is 9.40. The number of rotatable bonds is 4. The Balaban J connectivity index is 2.21. The fourth-order valence-electron chi connectivity index (χ4n) is 2.38. The Bertz CT molecular complexity index is 463. The molecule has 2 rings (SSSR count). The van der Waals surface area contributed by atoms with Crippen molar-refractivity contribution in [2.45, 2.75) is 37.6 Å². The van der Waals surface area contributed by atoms with E-state index in [-0.39, 0.29) is 17.8 Å². The van der Waals surface area contributed by atoms with Gasteiger partial charge in [0.2, 0.25) is 0 Å². The Morgan fingerprint density at radius 1 is 1.53 bits per heavy atom. The highest BCUT2D eigenvalue weighted by Gasteiger charge is 2.36. The summed E-state index contributed by atoms with van der Waals surface area (Å²) < 4.78 is 0. The maximum Gasteiger partial charge on any atom is 0.305 e. The van der Waals surface area contributed by atoms with Crippen molar-refractivity contribution in [1.82, 2.24) is 9.97 Å². The first-order valence-electron chi connectivity index (χ1n) is 5.65. The molecule has 1 saturated carbocycles. The van der Waals surface area contributed by atoms with Crippen LogP contribution >= 0.6 is 0 Å². The molecule has 6 nitrogen and oxygen atoms in total. The van der Waals surface area contributed by atoms with E-state index in [2.05, 4.69) is 15.3 Å². The molecule has 0 radical (unpaired) electrons. The second-order valence-corrected chi connectivity index (χ2v) is 4.45. The predicted octanol–water partition coefficient (Wildman–Crippen LogP) is 0.969. The van der Waals surface area contributed by atoms with Gasteiger partial charge in [-0.2, -0.15) is 0 Å². The molecule has 0 spiro atoms. The zero-order chi connectivity index (χ0) is 12.3. The van der Waals surface area contributed by atoms with Crippen LogP contribution in [0.5, 0.6) is 0 Å². The van der Waals surface area contributed by atoms with Crippen LogP contribution in [-0.4, -0.2) is 26.6 Å². The van der Waals surface area contributed by atoms with E-state index in [9.17, 15) is 9.59 Å². The van der Waals surface area contributed by atoms with E-state index >= 15 is 0 Å².